The molecule has 2 rings (SSSR count). The van der Waals surface area contributed by atoms with Crippen LogP contribution in [0, 0.1) is 12.8 Å². The number of aryl methyl sites for hydroxylation is 1. The molecule has 15 heavy (non-hydrogen) atoms. The molecule has 0 heterocycles. The van der Waals surface area contributed by atoms with Crippen molar-refractivity contribution in [2.45, 2.75) is 39.0 Å². The molecule has 0 spiro atoms. The van der Waals surface area contributed by atoms with E-state index in [-0.39, 0.29) is 0 Å². The average Bonchev–Trinajstić information content (AvgIpc) is 2.48. The minimum absolute atomic E-state index is 0.310. The van der Waals surface area contributed by atoms with Crippen molar-refractivity contribution in [1.29, 1.82) is 0 Å². The van der Waals surface area contributed by atoms with Crippen molar-refractivity contribution < 1.29 is 0 Å². The highest BCUT2D eigenvalue weighted by molar-refractivity contribution is 5.33. The Morgan fingerprint density at radius 1 is 1.27 bits per heavy atom. The standard InChI is InChI=1S/C15H20/c1-11-5-7-14(8-6-11)15(4)10-9-12(2)13(15)3/h5-8,13H,2,9-10H2,1,3-4H3/t13-,15+/m1/s1. The van der Waals surface area contributed by atoms with E-state index in [1.807, 2.05) is 0 Å². The lowest BCUT2D eigenvalue weighted by Gasteiger charge is -2.30. The topological polar surface area (TPSA) is 0 Å². The largest absolute Gasteiger partial charge is 0.0996 e. The number of rotatable bonds is 1. The van der Waals surface area contributed by atoms with Crippen molar-refractivity contribution in [3.05, 3.63) is 47.5 Å². The van der Waals surface area contributed by atoms with Gasteiger partial charge < -0.3 is 0 Å². The molecule has 80 valence electrons. The lowest BCUT2D eigenvalue weighted by molar-refractivity contribution is 0.397. The molecule has 1 fully saturated rings. The quantitative estimate of drug-likeness (QED) is 0.595. The van der Waals surface area contributed by atoms with E-state index in [1.54, 1.807) is 0 Å². The van der Waals surface area contributed by atoms with Gasteiger partial charge in [0.05, 0.1) is 0 Å². The molecule has 1 aliphatic carbocycles. The van der Waals surface area contributed by atoms with Crippen molar-refractivity contribution in [2.24, 2.45) is 5.92 Å². The maximum Gasteiger partial charge on any atom is -0.000960 e. The first kappa shape index (κ1) is 10.5. The van der Waals surface area contributed by atoms with Gasteiger partial charge in [-0.25, -0.2) is 0 Å². The summed E-state index contributed by atoms with van der Waals surface area (Å²) >= 11 is 0. The Hall–Kier alpha value is -1.04. The van der Waals surface area contributed by atoms with Crippen LogP contribution in [0.1, 0.15) is 37.8 Å². The van der Waals surface area contributed by atoms with Crippen LogP contribution in [0.25, 0.3) is 0 Å². The zero-order chi connectivity index (χ0) is 11.1. The van der Waals surface area contributed by atoms with Crippen LogP contribution in [0.15, 0.2) is 36.4 Å². The lowest BCUT2D eigenvalue weighted by atomic mass is 9.74. The van der Waals surface area contributed by atoms with E-state index in [1.165, 1.54) is 29.5 Å². The molecule has 0 saturated heterocycles. The molecule has 1 saturated carbocycles. The van der Waals surface area contributed by atoms with Crippen LogP contribution in [0.2, 0.25) is 0 Å². The van der Waals surface area contributed by atoms with E-state index in [4.69, 9.17) is 0 Å². The van der Waals surface area contributed by atoms with E-state index in [9.17, 15) is 0 Å². The molecular formula is C15H20. The fraction of sp³-hybridized carbons (Fsp3) is 0.467. The predicted molar refractivity (Wildman–Crippen MR) is 66.1 cm³/mol. The van der Waals surface area contributed by atoms with Crippen LogP contribution in [0.5, 0.6) is 0 Å². The van der Waals surface area contributed by atoms with Gasteiger partial charge in [-0.3, -0.25) is 0 Å². The van der Waals surface area contributed by atoms with Crippen LogP contribution in [0.3, 0.4) is 0 Å². The summed E-state index contributed by atoms with van der Waals surface area (Å²) < 4.78 is 0. The SMILES string of the molecule is C=C1CC[C@](C)(c2ccc(C)cc2)[C@@H]1C. The van der Waals surface area contributed by atoms with Gasteiger partial charge in [0.1, 0.15) is 0 Å². The first-order valence-electron chi connectivity index (χ1n) is 5.79. The predicted octanol–water partition coefficient (Wildman–Crippen LogP) is 4.24. The van der Waals surface area contributed by atoms with Gasteiger partial charge in [-0.2, -0.15) is 0 Å². The number of hydrogen-bond donors (Lipinski definition) is 0. The van der Waals surface area contributed by atoms with Gasteiger partial charge in [0.2, 0.25) is 0 Å². The Morgan fingerprint density at radius 3 is 2.33 bits per heavy atom. The first-order valence-corrected chi connectivity index (χ1v) is 5.79. The van der Waals surface area contributed by atoms with Crippen molar-refractivity contribution in [2.75, 3.05) is 0 Å². The molecule has 0 nitrogen and oxygen atoms in total. The lowest BCUT2D eigenvalue weighted by Crippen LogP contribution is -2.25. The summed E-state index contributed by atoms with van der Waals surface area (Å²) in [4.78, 5) is 0. The molecule has 1 aromatic rings. The molecule has 0 radical (unpaired) electrons. The summed E-state index contributed by atoms with van der Waals surface area (Å²) in [6.45, 7) is 11.0. The maximum atomic E-state index is 4.17. The molecule has 0 heteroatoms. The van der Waals surface area contributed by atoms with Gasteiger partial charge in [-0.05, 0) is 36.7 Å². The van der Waals surface area contributed by atoms with Gasteiger partial charge in [0, 0.05) is 0 Å². The highest BCUT2D eigenvalue weighted by atomic mass is 14.4. The fourth-order valence-electron chi connectivity index (χ4n) is 2.63. The Labute approximate surface area is 93.0 Å². The molecule has 0 N–H and O–H groups in total. The van der Waals surface area contributed by atoms with Gasteiger partial charge in [-0.1, -0.05) is 55.8 Å². The Morgan fingerprint density at radius 2 is 1.87 bits per heavy atom. The Kier molecular flexibility index (Phi) is 2.46. The molecule has 2 atom stereocenters. The van der Waals surface area contributed by atoms with Crippen molar-refractivity contribution >= 4 is 0 Å². The second kappa shape index (κ2) is 3.52. The second-order valence-corrected chi connectivity index (χ2v) is 5.16. The summed E-state index contributed by atoms with van der Waals surface area (Å²) in [5.41, 5.74) is 4.54. The molecule has 0 amide bonds. The first-order chi connectivity index (χ1) is 7.04. The van der Waals surface area contributed by atoms with Crippen LogP contribution >= 0.6 is 0 Å². The fourth-order valence-corrected chi connectivity index (χ4v) is 2.63. The smallest absolute Gasteiger partial charge is 0.000960 e. The van der Waals surface area contributed by atoms with Crippen LogP contribution in [-0.4, -0.2) is 0 Å². The van der Waals surface area contributed by atoms with Gasteiger partial charge in [0.25, 0.3) is 0 Å². The van der Waals surface area contributed by atoms with Crippen LogP contribution in [-0.2, 0) is 5.41 Å². The third kappa shape index (κ3) is 1.62. The van der Waals surface area contributed by atoms with Gasteiger partial charge in [-0.15, -0.1) is 0 Å². The Balaban J connectivity index is 2.38. The summed E-state index contributed by atoms with van der Waals surface area (Å²) in [5, 5.41) is 0. The number of allylic oxidation sites excluding steroid dienone is 1. The summed E-state index contributed by atoms with van der Waals surface area (Å²) in [5.74, 6) is 0.611. The van der Waals surface area contributed by atoms with Crippen LogP contribution < -0.4 is 0 Å². The van der Waals surface area contributed by atoms with Gasteiger partial charge in [0.15, 0.2) is 0 Å². The van der Waals surface area contributed by atoms with Crippen LogP contribution in [0.4, 0.5) is 0 Å². The second-order valence-electron chi connectivity index (χ2n) is 5.16. The van der Waals surface area contributed by atoms with Crippen molar-refractivity contribution in [3.8, 4) is 0 Å². The van der Waals surface area contributed by atoms with Crippen molar-refractivity contribution in [3.63, 3.8) is 0 Å². The van der Waals surface area contributed by atoms with E-state index in [0.29, 0.717) is 11.3 Å². The summed E-state index contributed by atoms with van der Waals surface area (Å²) in [6.07, 6.45) is 2.43. The number of benzene rings is 1. The zero-order valence-corrected chi connectivity index (χ0v) is 10.0. The monoisotopic (exact) mass is 200 g/mol. The minimum atomic E-state index is 0.310. The molecule has 0 aliphatic heterocycles. The van der Waals surface area contributed by atoms with E-state index >= 15 is 0 Å². The third-order valence-corrected chi connectivity index (χ3v) is 4.24. The van der Waals surface area contributed by atoms with E-state index < -0.39 is 0 Å². The minimum Gasteiger partial charge on any atom is -0.0996 e. The highest BCUT2D eigenvalue weighted by Crippen LogP contribution is 2.47. The highest BCUT2D eigenvalue weighted by Gasteiger charge is 2.39. The summed E-state index contributed by atoms with van der Waals surface area (Å²) in [7, 11) is 0. The van der Waals surface area contributed by atoms with Gasteiger partial charge >= 0.3 is 0 Å². The molecule has 1 aliphatic rings. The Bertz CT molecular complexity index is 372. The summed E-state index contributed by atoms with van der Waals surface area (Å²) in [6, 6.07) is 9.00. The van der Waals surface area contributed by atoms with E-state index in [2.05, 4.69) is 51.6 Å². The normalized spacial score (nSPS) is 30.9. The molecule has 0 bridgehead atoms. The molecule has 0 unspecified atom stereocenters. The molecular weight excluding hydrogens is 180 g/mol. The van der Waals surface area contributed by atoms with Crippen molar-refractivity contribution in [1.82, 2.24) is 0 Å². The molecule has 0 aromatic heterocycles. The third-order valence-electron chi connectivity index (χ3n) is 4.24. The zero-order valence-electron chi connectivity index (χ0n) is 10.0. The maximum absolute atomic E-state index is 4.17. The average molecular weight is 200 g/mol. The van der Waals surface area contributed by atoms with E-state index in [0.717, 1.165) is 0 Å². The number of hydrogen-bond acceptors (Lipinski definition) is 0. The molecule has 1 aromatic carbocycles.